The maximum absolute atomic E-state index is 12.0. The molecular weight excluding hydrogens is 314 g/mol. The minimum Gasteiger partial charge on any atom is -0.481 e. The van der Waals surface area contributed by atoms with Crippen LogP contribution in [0.1, 0.15) is 6.42 Å². The average Bonchev–Trinajstić information content (AvgIpc) is 3.08. The number of carbonyl (C=O) groups excluding carboxylic acids is 1. The molecular formula is C13H12ClN3O3S. The number of rotatable bonds is 3. The van der Waals surface area contributed by atoms with Crippen LogP contribution in [0.5, 0.6) is 0 Å². The first kappa shape index (κ1) is 14.1. The first-order valence-electron chi connectivity index (χ1n) is 6.28. The van der Waals surface area contributed by atoms with Crippen LogP contribution in [0.2, 0.25) is 4.34 Å². The van der Waals surface area contributed by atoms with Crippen LogP contribution in [0.4, 0.5) is 5.82 Å². The fourth-order valence-electron chi connectivity index (χ4n) is 2.38. The van der Waals surface area contributed by atoms with Crippen LogP contribution < -0.4 is 4.90 Å². The number of hydrogen-bond acceptors (Lipinski definition) is 4. The van der Waals surface area contributed by atoms with Gasteiger partial charge in [0.2, 0.25) is 5.91 Å². The van der Waals surface area contributed by atoms with E-state index in [1.807, 2.05) is 6.07 Å². The number of carboxylic acids is 1. The molecule has 0 saturated carbocycles. The third kappa shape index (κ3) is 2.54. The summed E-state index contributed by atoms with van der Waals surface area (Å²) in [7, 11) is 1.73. The lowest BCUT2D eigenvalue weighted by Crippen LogP contribution is -2.27. The third-order valence-corrected chi connectivity index (χ3v) is 4.69. The van der Waals surface area contributed by atoms with Crippen LogP contribution >= 0.6 is 22.9 Å². The normalized spacial score (nSPS) is 18.5. The first-order chi connectivity index (χ1) is 9.95. The smallest absolute Gasteiger partial charge is 0.308 e. The molecule has 0 bridgehead atoms. The number of anilines is 1. The van der Waals surface area contributed by atoms with Gasteiger partial charge in [0.25, 0.3) is 0 Å². The lowest BCUT2D eigenvalue weighted by Gasteiger charge is -2.15. The average molecular weight is 326 g/mol. The second-order valence-corrected chi connectivity index (χ2v) is 6.57. The first-order valence-corrected chi connectivity index (χ1v) is 7.48. The van der Waals surface area contributed by atoms with Crippen LogP contribution in [-0.4, -0.2) is 33.3 Å². The van der Waals surface area contributed by atoms with Gasteiger partial charge in [0.15, 0.2) is 0 Å². The minimum absolute atomic E-state index is 0.0284. The lowest BCUT2D eigenvalue weighted by atomic mass is 10.1. The Morgan fingerprint density at radius 3 is 2.86 bits per heavy atom. The quantitative estimate of drug-likeness (QED) is 0.939. The fraction of sp³-hybridized carbons (Fsp3) is 0.308. The van der Waals surface area contributed by atoms with Gasteiger partial charge in [-0.25, -0.2) is 0 Å². The molecule has 6 nitrogen and oxygen atoms in total. The van der Waals surface area contributed by atoms with E-state index in [-0.39, 0.29) is 18.9 Å². The number of aryl methyl sites for hydroxylation is 1. The molecule has 21 heavy (non-hydrogen) atoms. The number of amides is 1. The number of aromatic nitrogens is 2. The Bertz CT molecular complexity index is 724. The zero-order valence-electron chi connectivity index (χ0n) is 11.1. The summed E-state index contributed by atoms with van der Waals surface area (Å²) >= 11 is 7.32. The third-order valence-electron chi connectivity index (χ3n) is 3.43. The molecule has 3 heterocycles. The Morgan fingerprint density at radius 2 is 2.29 bits per heavy atom. The van der Waals surface area contributed by atoms with E-state index in [2.05, 4.69) is 5.10 Å². The van der Waals surface area contributed by atoms with Crippen molar-refractivity contribution in [1.29, 1.82) is 0 Å². The van der Waals surface area contributed by atoms with Gasteiger partial charge in [0, 0.05) is 26.1 Å². The number of aliphatic carboxylic acids is 1. The van der Waals surface area contributed by atoms with Gasteiger partial charge in [-0.05, 0) is 12.1 Å². The highest BCUT2D eigenvalue weighted by Crippen LogP contribution is 2.33. The summed E-state index contributed by atoms with van der Waals surface area (Å²) in [6.07, 6.45) is 0.0284. The Balaban J connectivity index is 1.91. The van der Waals surface area contributed by atoms with Crippen molar-refractivity contribution in [1.82, 2.24) is 9.78 Å². The number of nitrogens with zero attached hydrogens (tertiary/aromatic N) is 3. The van der Waals surface area contributed by atoms with Crippen molar-refractivity contribution >= 4 is 40.6 Å². The molecule has 1 atom stereocenters. The van der Waals surface area contributed by atoms with Crippen LogP contribution in [0.25, 0.3) is 10.6 Å². The minimum atomic E-state index is -0.946. The van der Waals surface area contributed by atoms with Crippen LogP contribution in [-0.2, 0) is 16.6 Å². The summed E-state index contributed by atoms with van der Waals surface area (Å²) < 4.78 is 2.26. The molecule has 1 saturated heterocycles. The van der Waals surface area contributed by atoms with Gasteiger partial charge in [0.1, 0.15) is 11.5 Å². The monoisotopic (exact) mass is 325 g/mol. The molecule has 2 aromatic rings. The van der Waals surface area contributed by atoms with Crippen molar-refractivity contribution < 1.29 is 14.7 Å². The summed E-state index contributed by atoms with van der Waals surface area (Å²) in [6.45, 7) is 0.179. The predicted octanol–water partition coefficient (Wildman–Crippen LogP) is 2.24. The molecule has 1 aliphatic heterocycles. The zero-order chi connectivity index (χ0) is 15.1. The highest BCUT2D eigenvalue weighted by molar-refractivity contribution is 7.19. The van der Waals surface area contributed by atoms with E-state index < -0.39 is 11.9 Å². The van der Waals surface area contributed by atoms with Crippen molar-refractivity contribution in [2.75, 3.05) is 11.4 Å². The lowest BCUT2D eigenvalue weighted by molar-refractivity contribution is -0.141. The molecule has 1 aliphatic rings. The molecule has 1 N–H and O–H groups in total. The topological polar surface area (TPSA) is 75.4 Å². The summed E-state index contributed by atoms with van der Waals surface area (Å²) in [4.78, 5) is 25.4. The van der Waals surface area contributed by atoms with E-state index in [1.54, 1.807) is 23.9 Å². The van der Waals surface area contributed by atoms with Gasteiger partial charge in [-0.1, -0.05) is 11.6 Å². The number of thiophene rings is 1. The van der Waals surface area contributed by atoms with E-state index >= 15 is 0 Å². The summed E-state index contributed by atoms with van der Waals surface area (Å²) in [6, 6.07) is 5.44. The van der Waals surface area contributed by atoms with E-state index in [4.69, 9.17) is 16.7 Å². The van der Waals surface area contributed by atoms with Gasteiger partial charge < -0.3 is 5.11 Å². The molecule has 3 rings (SSSR count). The van der Waals surface area contributed by atoms with Gasteiger partial charge in [-0.15, -0.1) is 11.3 Å². The Labute approximate surface area is 129 Å². The Morgan fingerprint density at radius 1 is 1.52 bits per heavy atom. The Hall–Kier alpha value is -1.86. The van der Waals surface area contributed by atoms with Crippen molar-refractivity contribution in [3.8, 4) is 10.6 Å². The maximum atomic E-state index is 12.0. The van der Waals surface area contributed by atoms with Gasteiger partial charge in [-0.2, -0.15) is 5.10 Å². The summed E-state index contributed by atoms with van der Waals surface area (Å²) in [5.41, 5.74) is 0.718. The molecule has 110 valence electrons. The molecule has 2 aromatic heterocycles. The highest BCUT2D eigenvalue weighted by atomic mass is 35.5. The number of carbonyl (C=O) groups is 2. The van der Waals surface area contributed by atoms with Crippen molar-refractivity contribution in [2.45, 2.75) is 6.42 Å². The standard InChI is InChI=1S/C13H12ClN3O3S/c1-16-11(17-6-7(13(19)20)4-12(17)18)5-8(15-16)9-2-3-10(14)21-9/h2-3,5,7H,4,6H2,1H3,(H,19,20). The maximum Gasteiger partial charge on any atom is 0.308 e. The van der Waals surface area contributed by atoms with Crippen LogP contribution in [0.3, 0.4) is 0 Å². The van der Waals surface area contributed by atoms with E-state index in [1.165, 1.54) is 16.2 Å². The van der Waals surface area contributed by atoms with E-state index in [9.17, 15) is 9.59 Å². The van der Waals surface area contributed by atoms with Gasteiger partial charge in [-0.3, -0.25) is 19.2 Å². The summed E-state index contributed by atoms with van der Waals surface area (Å²) in [5.74, 6) is -1.20. The molecule has 0 aromatic carbocycles. The molecule has 0 aliphatic carbocycles. The zero-order valence-corrected chi connectivity index (χ0v) is 12.7. The molecule has 0 spiro atoms. The molecule has 1 amide bonds. The largest absolute Gasteiger partial charge is 0.481 e. The Kier molecular flexibility index (Phi) is 3.46. The summed E-state index contributed by atoms with van der Waals surface area (Å²) in [5, 5.41) is 13.4. The van der Waals surface area contributed by atoms with Crippen molar-refractivity contribution in [3.05, 3.63) is 22.5 Å². The highest BCUT2D eigenvalue weighted by Gasteiger charge is 2.36. The molecule has 1 fully saturated rings. The van der Waals surface area contributed by atoms with Crippen LogP contribution in [0.15, 0.2) is 18.2 Å². The second kappa shape index (κ2) is 5.16. The van der Waals surface area contributed by atoms with Gasteiger partial charge >= 0.3 is 5.97 Å². The molecule has 8 heteroatoms. The number of hydrogen-bond donors (Lipinski definition) is 1. The number of halogens is 1. The van der Waals surface area contributed by atoms with Crippen LogP contribution in [0, 0.1) is 5.92 Å². The van der Waals surface area contributed by atoms with Crippen molar-refractivity contribution in [3.63, 3.8) is 0 Å². The number of carboxylic acid groups (broad SMARTS) is 1. The second-order valence-electron chi connectivity index (χ2n) is 4.86. The predicted molar refractivity (Wildman–Crippen MR) is 79.6 cm³/mol. The molecule has 1 unspecified atom stereocenters. The van der Waals surface area contributed by atoms with E-state index in [0.29, 0.717) is 10.2 Å². The fourth-order valence-corrected chi connectivity index (χ4v) is 3.38. The molecule has 0 radical (unpaired) electrons. The van der Waals surface area contributed by atoms with E-state index in [0.717, 1.165) is 10.6 Å². The van der Waals surface area contributed by atoms with Crippen molar-refractivity contribution in [2.24, 2.45) is 13.0 Å². The van der Waals surface area contributed by atoms with Gasteiger partial charge in [0.05, 0.1) is 15.1 Å². The SMILES string of the molecule is Cn1nc(-c2ccc(Cl)s2)cc1N1CC(C(=O)O)CC1=O.